The Morgan fingerprint density at radius 1 is 1.14 bits per heavy atom. The predicted molar refractivity (Wildman–Crippen MR) is 91.9 cm³/mol. The molecule has 0 aliphatic heterocycles. The lowest BCUT2D eigenvalue weighted by Gasteiger charge is -2.19. The highest BCUT2D eigenvalue weighted by atomic mass is 32.1. The van der Waals surface area contributed by atoms with Crippen LogP contribution in [0.5, 0.6) is 0 Å². The van der Waals surface area contributed by atoms with E-state index < -0.39 is 40.5 Å². The van der Waals surface area contributed by atoms with Gasteiger partial charge in [0.15, 0.2) is 11.5 Å². The Morgan fingerprint density at radius 3 is 2.43 bits per heavy atom. The SMILES string of the molecule is CCN(C(=O)c1cccnc1C(F)(F)F)c1nc(-c2c(F)cccc2F)ns1. The molecule has 5 nitrogen and oxygen atoms in total. The predicted octanol–water partition coefficient (Wildman–Crippen LogP) is 4.56. The molecule has 0 radical (unpaired) electrons. The normalized spacial score (nSPS) is 11.5. The molecule has 0 bridgehead atoms. The number of hydrogen-bond acceptors (Lipinski definition) is 5. The third kappa shape index (κ3) is 3.70. The van der Waals surface area contributed by atoms with E-state index in [0.717, 1.165) is 29.3 Å². The second kappa shape index (κ2) is 7.58. The quantitative estimate of drug-likeness (QED) is 0.587. The Kier molecular flexibility index (Phi) is 5.36. The van der Waals surface area contributed by atoms with Crippen LogP contribution < -0.4 is 4.90 Å². The zero-order valence-corrected chi connectivity index (χ0v) is 15.0. The fourth-order valence-corrected chi connectivity index (χ4v) is 3.19. The molecule has 0 saturated carbocycles. The molecule has 0 aliphatic rings. The van der Waals surface area contributed by atoms with Crippen molar-refractivity contribution in [1.29, 1.82) is 0 Å². The Morgan fingerprint density at radius 2 is 1.82 bits per heavy atom. The molecular formula is C17H11F5N4OS. The molecule has 0 atom stereocenters. The summed E-state index contributed by atoms with van der Waals surface area (Å²) in [5, 5.41) is -0.0952. The van der Waals surface area contributed by atoms with E-state index in [1.807, 2.05) is 0 Å². The monoisotopic (exact) mass is 414 g/mol. The second-order valence-corrected chi connectivity index (χ2v) is 6.17. The third-order valence-electron chi connectivity index (χ3n) is 3.70. The number of hydrogen-bond donors (Lipinski definition) is 0. The molecule has 1 amide bonds. The molecule has 11 heteroatoms. The van der Waals surface area contributed by atoms with Gasteiger partial charge in [-0.05, 0) is 31.2 Å². The number of aromatic nitrogens is 3. The van der Waals surface area contributed by atoms with Gasteiger partial charge in [0.05, 0.1) is 11.1 Å². The van der Waals surface area contributed by atoms with Crippen molar-refractivity contribution < 1.29 is 26.7 Å². The first kappa shape index (κ1) is 19.8. The minimum atomic E-state index is -4.83. The van der Waals surface area contributed by atoms with Crippen LogP contribution in [0.2, 0.25) is 0 Å². The van der Waals surface area contributed by atoms with Gasteiger partial charge >= 0.3 is 6.18 Å². The van der Waals surface area contributed by atoms with Crippen LogP contribution in [0.4, 0.5) is 27.1 Å². The van der Waals surface area contributed by atoms with Gasteiger partial charge in [-0.2, -0.15) is 22.5 Å². The molecule has 2 heterocycles. The molecule has 0 unspecified atom stereocenters. The maximum absolute atomic E-state index is 13.9. The third-order valence-corrected chi connectivity index (χ3v) is 4.44. The van der Waals surface area contributed by atoms with E-state index in [9.17, 15) is 26.7 Å². The summed E-state index contributed by atoms with van der Waals surface area (Å²) >= 11 is 0.640. The second-order valence-electron chi connectivity index (χ2n) is 5.44. The highest BCUT2D eigenvalue weighted by Crippen LogP contribution is 2.32. The van der Waals surface area contributed by atoms with Gasteiger partial charge in [0, 0.05) is 24.3 Å². The van der Waals surface area contributed by atoms with Gasteiger partial charge in [0.2, 0.25) is 5.13 Å². The smallest absolute Gasteiger partial charge is 0.283 e. The van der Waals surface area contributed by atoms with E-state index in [0.29, 0.717) is 11.5 Å². The number of pyridine rings is 1. The molecule has 0 aliphatic carbocycles. The lowest BCUT2D eigenvalue weighted by Crippen LogP contribution is -2.32. The lowest BCUT2D eigenvalue weighted by molar-refractivity contribution is -0.141. The average Bonchev–Trinajstić information content (AvgIpc) is 3.10. The minimum Gasteiger partial charge on any atom is -0.283 e. The van der Waals surface area contributed by atoms with E-state index in [1.54, 1.807) is 0 Å². The molecule has 0 saturated heterocycles. The highest BCUT2D eigenvalue weighted by molar-refractivity contribution is 7.10. The summed E-state index contributed by atoms with van der Waals surface area (Å²) in [5.74, 6) is -3.10. The number of carbonyl (C=O) groups excluding carboxylic acids is 1. The van der Waals surface area contributed by atoms with Crippen LogP contribution >= 0.6 is 11.5 Å². The molecule has 28 heavy (non-hydrogen) atoms. The summed E-state index contributed by atoms with van der Waals surface area (Å²) in [6.45, 7) is 1.48. The highest BCUT2D eigenvalue weighted by Gasteiger charge is 2.38. The van der Waals surface area contributed by atoms with Crippen molar-refractivity contribution in [2.75, 3.05) is 11.4 Å². The zero-order chi connectivity index (χ0) is 20.5. The number of anilines is 1. The lowest BCUT2D eigenvalue weighted by atomic mass is 10.1. The number of halogens is 5. The number of carbonyl (C=O) groups is 1. The fourth-order valence-electron chi connectivity index (χ4n) is 2.45. The van der Waals surface area contributed by atoms with E-state index in [2.05, 4.69) is 14.3 Å². The Labute approximate surface area is 159 Å². The molecule has 1 aromatic carbocycles. The molecule has 146 valence electrons. The first-order valence-corrected chi connectivity index (χ1v) is 8.63. The van der Waals surface area contributed by atoms with E-state index in [4.69, 9.17) is 0 Å². The summed E-state index contributed by atoms with van der Waals surface area (Å²) in [4.78, 5) is 20.8. The topological polar surface area (TPSA) is 59.0 Å². The van der Waals surface area contributed by atoms with Crippen molar-refractivity contribution in [3.8, 4) is 11.4 Å². The number of alkyl halides is 3. The number of benzene rings is 1. The molecule has 0 N–H and O–H groups in total. The van der Waals surface area contributed by atoms with Crippen LogP contribution in [0, 0.1) is 11.6 Å². The van der Waals surface area contributed by atoms with Crippen molar-refractivity contribution in [3.05, 3.63) is 59.4 Å². The minimum absolute atomic E-state index is 0.0422. The summed E-state index contributed by atoms with van der Waals surface area (Å²) in [6, 6.07) is 5.42. The largest absolute Gasteiger partial charge is 0.434 e. The van der Waals surface area contributed by atoms with E-state index in [-0.39, 0.29) is 17.5 Å². The van der Waals surface area contributed by atoms with Gasteiger partial charge in [0.1, 0.15) is 11.6 Å². The first-order chi connectivity index (χ1) is 13.2. The van der Waals surface area contributed by atoms with Crippen LogP contribution in [0.15, 0.2) is 36.5 Å². The van der Waals surface area contributed by atoms with Gasteiger partial charge in [0.25, 0.3) is 5.91 Å². The Bertz CT molecular complexity index is 1000. The van der Waals surface area contributed by atoms with Gasteiger partial charge < -0.3 is 0 Å². The van der Waals surface area contributed by atoms with E-state index in [1.165, 1.54) is 19.1 Å². The number of nitrogens with zero attached hydrogens (tertiary/aromatic N) is 4. The fraction of sp³-hybridized carbons (Fsp3) is 0.176. The van der Waals surface area contributed by atoms with Crippen LogP contribution in [-0.4, -0.2) is 26.8 Å². The van der Waals surface area contributed by atoms with Crippen molar-refractivity contribution in [2.24, 2.45) is 0 Å². The average molecular weight is 414 g/mol. The summed E-state index contributed by atoms with van der Waals surface area (Å²) in [5.41, 5.74) is -2.47. The van der Waals surface area contributed by atoms with Crippen molar-refractivity contribution in [2.45, 2.75) is 13.1 Å². The standard InChI is InChI=1S/C17H11F5N4OS/c1-2-26(15(27)9-5-4-8-23-13(9)17(20,21)22)16-24-14(25-28-16)12-10(18)6-3-7-11(12)19/h3-8H,2H2,1H3. The number of rotatable bonds is 4. The summed E-state index contributed by atoms with van der Waals surface area (Å²) in [6.07, 6.45) is -3.89. The van der Waals surface area contributed by atoms with Crippen LogP contribution in [0.1, 0.15) is 23.0 Å². The molecule has 3 aromatic rings. The Balaban J connectivity index is 2.00. The van der Waals surface area contributed by atoms with Crippen LogP contribution in [0.3, 0.4) is 0 Å². The first-order valence-electron chi connectivity index (χ1n) is 7.86. The van der Waals surface area contributed by atoms with Crippen molar-refractivity contribution in [1.82, 2.24) is 14.3 Å². The van der Waals surface area contributed by atoms with Gasteiger partial charge in [-0.25, -0.2) is 8.78 Å². The van der Waals surface area contributed by atoms with Gasteiger partial charge in [-0.3, -0.25) is 14.7 Å². The summed E-state index contributed by atoms with van der Waals surface area (Å²) in [7, 11) is 0. The molecule has 0 fully saturated rings. The summed E-state index contributed by atoms with van der Waals surface area (Å²) < 4.78 is 71.1. The zero-order valence-electron chi connectivity index (χ0n) is 14.2. The van der Waals surface area contributed by atoms with Crippen molar-refractivity contribution in [3.63, 3.8) is 0 Å². The van der Waals surface area contributed by atoms with Gasteiger partial charge in [-0.15, -0.1) is 0 Å². The van der Waals surface area contributed by atoms with Crippen LogP contribution in [0.25, 0.3) is 11.4 Å². The van der Waals surface area contributed by atoms with E-state index >= 15 is 0 Å². The molecule has 3 rings (SSSR count). The number of amides is 1. The molecular weight excluding hydrogens is 403 g/mol. The molecule has 2 aromatic heterocycles. The maximum Gasteiger partial charge on any atom is 0.434 e. The Hall–Kier alpha value is -2.95. The van der Waals surface area contributed by atoms with Gasteiger partial charge in [-0.1, -0.05) is 6.07 Å². The molecule has 0 spiro atoms. The van der Waals surface area contributed by atoms with Crippen LogP contribution in [-0.2, 0) is 6.18 Å². The maximum atomic E-state index is 13.9. The van der Waals surface area contributed by atoms with Crippen molar-refractivity contribution >= 4 is 22.6 Å².